The molecule has 2 heterocycles. The van der Waals surface area contributed by atoms with Crippen molar-refractivity contribution in [2.45, 2.75) is 39.0 Å². The number of nitrogens with two attached hydrogens (primary N) is 1. The maximum Gasteiger partial charge on any atom is 0.410 e. The normalized spacial score (nSPS) is 18.8. The standard InChI is InChI=1S/C23H28ClFN4O5/c1-23(2,3)34-22(32)29-9-10-33-19(14-6-7-17(24)18(25)11-14)15(13-29)12-28-8-4-5-16(21(28)31)20(30)27-26/h4-8,11,15,19H,9-10,12-13,26H2,1-3H3,(H,27,30)/t15-,19+/m1/s1. The molecule has 2 atom stereocenters. The van der Waals surface area contributed by atoms with Crippen molar-refractivity contribution in [2.24, 2.45) is 11.8 Å². The second-order valence-electron chi connectivity index (χ2n) is 9.00. The number of carbonyl (C=O) groups excluding carboxylic acids is 2. The number of nitrogens with zero attached hydrogens (tertiary/aromatic N) is 2. The molecule has 0 aliphatic carbocycles. The molecule has 184 valence electrons. The molecule has 1 aromatic carbocycles. The van der Waals surface area contributed by atoms with E-state index < -0.39 is 41.0 Å². The Bertz CT molecular complexity index is 1120. The zero-order chi connectivity index (χ0) is 25.0. The number of rotatable bonds is 4. The van der Waals surface area contributed by atoms with Gasteiger partial charge in [0.05, 0.1) is 17.7 Å². The Hall–Kier alpha value is -2.95. The fraction of sp³-hybridized carbons (Fsp3) is 0.435. The van der Waals surface area contributed by atoms with E-state index in [1.807, 2.05) is 5.43 Å². The molecule has 1 aliphatic rings. The van der Waals surface area contributed by atoms with E-state index >= 15 is 0 Å². The van der Waals surface area contributed by atoms with Crippen molar-refractivity contribution in [2.75, 3.05) is 19.7 Å². The first-order valence-corrected chi connectivity index (χ1v) is 11.1. The molecule has 3 N–H and O–H groups in total. The molecule has 2 amide bonds. The van der Waals surface area contributed by atoms with Crippen molar-refractivity contribution in [3.05, 3.63) is 68.8 Å². The minimum absolute atomic E-state index is 0.0268. The topological polar surface area (TPSA) is 116 Å². The minimum atomic E-state index is -0.719. The largest absolute Gasteiger partial charge is 0.444 e. The fourth-order valence-electron chi connectivity index (χ4n) is 3.78. The van der Waals surface area contributed by atoms with Crippen LogP contribution in [0.3, 0.4) is 0 Å². The summed E-state index contributed by atoms with van der Waals surface area (Å²) in [6.07, 6.45) is 0.350. The SMILES string of the molecule is CC(C)(C)OC(=O)N1CCO[C@@H](c2ccc(Cl)c(F)c2)[C@H](Cn2cccc(C(=O)NN)c2=O)C1. The quantitative estimate of drug-likeness (QED) is 0.383. The van der Waals surface area contributed by atoms with Gasteiger partial charge in [0, 0.05) is 31.7 Å². The van der Waals surface area contributed by atoms with E-state index in [1.165, 1.54) is 33.9 Å². The highest BCUT2D eigenvalue weighted by molar-refractivity contribution is 6.30. The summed E-state index contributed by atoms with van der Waals surface area (Å²) in [5.41, 5.74) is 1.09. The number of benzene rings is 1. The molecule has 0 bridgehead atoms. The summed E-state index contributed by atoms with van der Waals surface area (Å²) in [6.45, 7) is 5.98. The molecule has 1 aromatic heterocycles. The molecule has 1 saturated heterocycles. The highest BCUT2D eigenvalue weighted by Crippen LogP contribution is 2.32. The van der Waals surface area contributed by atoms with Gasteiger partial charge in [-0.3, -0.25) is 15.0 Å². The Kier molecular flexibility index (Phi) is 7.96. The van der Waals surface area contributed by atoms with Gasteiger partial charge in [0.25, 0.3) is 11.5 Å². The van der Waals surface area contributed by atoms with Crippen LogP contribution in [0.25, 0.3) is 0 Å². The highest BCUT2D eigenvalue weighted by Gasteiger charge is 2.34. The van der Waals surface area contributed by atoms with Crippen LogP contribution in [0.5, 0.6) is 0 Å². The minimum Gasteiger partial charge on any atom is -0.444 e. The second-order valence-corrected chi connectivity index (χ2v) is 9.41. The van der Waals surface area contributed by atoms with Crippen LogP contribution in [-0.2, 0) is 16.0 Å². The zero-order valence-electron chi connectivity index (χ0n) is 19.2. The monoisotopic (exact) mass is 494 g/mol. The predicted octanol–water partition coefficient (Wildman–Crippen LogP) is 2.87. The van der Waals surface area contributed by atoms with E-state index in [-0.39, 0.29) is 36.8 Å². The van der Waals surface area contributed by atoms with Gasteiger partial charge in [-0.25, -0.2) is 15.0 Å². The third kappa shape index (κ3) is 6.13. The predicted molar refractivity (Wildman–Crippen MR) is 124 cm³/mol. The molecular weight excluding hydrogens is 467 g/mol. The van der Waals surface area contributed by atoms with Crippen molar-refractivity contribution in [1.29, 1.82) is 0 Å². The van der Waals surface area contributed by atoms with Crippen LogP contribution < -0.4 is 16.8 Å². The molecule has 9 nitrogen and oxygen atoms in total. The zero-order valence-corrected chi connectivity index (χ0v) is 20.0. The van der Waals surface area contributed by atoms with Gasteiger partial charge < -0.3 is 18.9 Å². The molecule has 1 fully saturated rings. The summed E-state index contributed by atoms with van der Waals surface area (Å²) in [7, 11) is 0. The second kappa shape index (κ2) is 10.5. The first kappa shape index (κ1) is 25.7. The summed E-state index contributed by atoms with van der Waals surface area (Å²) in [6, 6.07) is 7.27. The molecule has 1 aliphatic heterocycles. The van der Waals surface area contributed by atoms with Gasteiger partial charge in [-0.1, -0.05) is 17.7 Å². The van der Waals surface area contributed by atoms with Gasteiger partial charge in [-0.05, 0) is 50.6 Å². The van der Waals surface area contributed by atoms with E-state index in [2.05, 4.69) is 0 Å². The van der Waals surface area contributed by atoms with Crippen molar-refractivity contribution in [1.82, 2.24) is 14.9 Å². The molecule has 0 saturated carbocycles. The molecule has 2 aromatic rings. The summed E-state index contributed by atoms with van der Waals surface area (Å²) in [4.78, 5) is 39.2. The van der Waals surface area contributed by atoms with Gasteiger partial charge in [0.2, 0.25) is 0 Å². The Labute approximate surface area is 201 Å². The van der Waals surface area contributed by atoms with E-state index in [9.17, 15) is 18.8 Å². The van der Waals surface area contributed by atoms with Crippen LogP contribution in [0.2, 0.25) is 5.02 Å². The molecule has 0 spiro atoms. The van der Waals surface area contributed by atoms with Crippen LogP contribution in [0.1, 0.15) is 42.8 Å². The maximum atomic E-state index is 14.2. The third-order valence-electron chi connectivity index (χ3n) is 5.29. The fourth-order valence-corrected chi connectivity index (χ4v) is 3.90. The number of ether oxygens (including phenoxy) is 2. The molecule has 11 heteroatoms. The number of hydrogen-bond donors (Lipinski definition) is 2. The third-order valence-corrected chi connectivity index (χ3v) is 5.60. The molecule has 34 heavy (non-hydrogen) atoms. The average Bonchev–Trinajstić information content (AvgIpc) is 2.98. The van der Waals surface area contributed by atoms with Gasteiger partial charge in [-0.15, -0.1) is 0 Å². The van der Waals surface area contributed by atoms with Crippen molar-refractivity contribution in [3.63, 3.8) is 0 Å². The first-order valence-electron chi connectivity index (χ1n) is 10.7. The number of hydrogen-bond acceptors (Lipinski definition) is 6. The Morgan fingerprint density at radius 3 is 2.71 bits per heavy atom. The molecule has 0 radical (unpaired) electrons. The lowest BCUT2D eigenvalue weighted by Crippen LogP contribution is -2.42. The lowest BCUT2D eigenvalue weighted by atomic mass is 9.94. The number of halogens is 2. The first-order chi connectivity index (χ1) is 16.0. The van der Waals surface area contributed by atoms with Crippen molar-refractivity contribution < 1.29 is 23.5 Å². The van der Waals surface area contributed by atoms with Crippen LogP contribution in [0.4, 0.5) is 9.18 Å². The molecule has 3 rings (SSSR count). The lowest BCUT2D eigenvalue weighted by Gasteiger charge is -2.30. The van der Waals surface area contributed by atoms with Crippen LogP contribution in [0.15, 0.2) is 41.3 Å². The number of carbonyl (C=O) groups is 2. The van der Waals surface area contributed by atoms with E-state index in [4.69, 9.17) is 26.9 Å². The number of hydrazine groups is 1. The summed E-state index contributed by atoms with van der Waals surface area (Å²) >= 11 is 5.85. The smallest absolute Gasteiger partial charge is 0.410 e. The van der Waals surface area contributed by atoms with Gasteiger partial charge in [-0.2, -0.15) is 0 Å². The number of pyridine rings is 1. The summed E-state index contributed by atoms with van der Waals surface area (Å²) < 4.78 is 27.1. The van der Waals surface area contributed by atoms with Crippen LogP contribution >= 0.6 is 11.6 Å². The van der Waals surface area contributed by atoms with Crippen molar-refractivity contribution >= 4 is 23.6 Å². The van der Waals surface area contributed by atoms with E-state index in [0.717, 1.165) is 0 Å². The number of aromatic nitrogens is 1. The number of amides is 2. The number of nitrogens with one attached hydrogen (secondary N) is 1. The summed E-state index contributed by atoms with van der Waals surface area (Å²) in [5.74, 6) is 3.38. The lowest BCUT2D eigenvalue weighted by molar-refractivity contribution is 0.0231. The molecular formula is C23H28ClFN4O5. The Morgan fingerprint density at radius 1 is 1.32 bits per heavy atom. The molecule has 0 unspecified atom stereocenters. The Morgan fingerprint density at radius 2 is 2.06 bits per heavy atom. The van der Waals surface area contributed by atoms with Gasteiger partial charge in [0.1, 0.15) is 17.0 Å². The summed E-state index contributed by atoms with van der Waals surface area (Å²) in [5, 5.41) is -0.0268. The van der Waals surface area contributed by atoms with Gasteiger partial charge >= 0.3 is 6.09 Å². The number of nitrogen functional groups attached to an aromatic ring is 1. The van der Waals surface area contributed by atoms with Gasteiger partial charge in [0.15, 0.2) is 0 Å². The van der Waals surface area contributed by atoms with E-state index in [0.29, 0.717) is 5.56 Å². The van der Waals surface area contributed by atoms with E-state index in [1.54, 1.807) is 32.9 Å². The van der Waals surface area contributed by atoms with Crippen LogP contribution in [-0.4, -0.2) is 46.8 Å². The maximum absolute atomic E-state index is 14.2. The van der Waals surface area contributed by atoms with Crippen LogP contribution in [0, 0.1) is 11.7 Å². The highest BCUT2D eigenvalue weighted by atomic mass is 35.5. The average molecular weight is 495 g/mol. The van der Waals surface area contributed by atoms with Crippen molar-refractivity contribution in [3.8, 4) is 0 Å². The Balaban J connectivity index is 1.98.